The quantitative estimate of drug-likeness (QED) is 0.816. The molecule has 0 radical (unpaired) electrons. The van der Waals surface area contributed by atoms with E-state index in [1.54, 1.807) is 45.0 Å². The standard InChI is InChI=1S/C21H22FN3O3/c1-21(2,3)28-20(27)24-11-10-14-4-7-16(8-5-14)25-19(26)17-12-15(13-23)6-9-18(17)22/h4-9,12H,10-11H2,1-3H3,(H,24,27)(H,25,26). The number of hydrogen-bond acceptors (Lipinski definition) is 4. The fraction of sp³-hybridized carbons (Fsp3) is 0.286. The van der Waals surface area contributed by atoms with Crippen LogP contribution in [0, 0.1) is 17.1 Å². The predicted octanol–water partition coefficient (Wildman–Crippen LogP) is 4.02. The van der Waals surface area contributed by atoms with Crippen LogP contribution in [0.3, 0.4) is 0 Å². The summed E-state index contributed by atoms with van der Waals surface area (Å²) in [5.41, 5.74) is 0.919. The topological polar surface area (TPSA) is 91.2 Å². The number of ether oxygens (including phenoxy) is 1. The Labute approximate surface area is 163 Å². The molecule has 0 atom stereocenters. The highest BCUT2D eigenvalue weighted by atomic mass is 19.1. The van der Waals surface area contributed by atoms with Gasteiger partial charge in [-0.1, -0.05) is 12.1 Å². The largest absolute Gasteiger partial charge is 0.444 e. The van der Waals surface area contributed by atoms with Crippen molar-refractivity contribution in [3.63, 3.8) is 0 Å². The third-order valence-electron chi connectivity index (χ3n) is 3.63. The first-order chi connectivity index (χ1) is 13.2. The molecule has 0 fully saturated rings. The number of alkyl carbamates (subject to hydrolysis) is 1. The Morgan fingerprint density at radius 3 is 2.43 bits per heavy atom. The number of rotatable bonds is 5. The number of amides is 2. The maximum absolute atomic E-state index is 13.8. The molecule has 146 valence electrons. The van der Waals surface area contributed by atoms with E-state index in [4.69, 9.17) is 10.00 Å². The normalized spacial score (nSPS) is 10.7. The lowest BCUT2D eigenvalue weighted by Crippen LogP contribution is -2.33. The van der Waals surface area contributed by atoms with Crippen LogP contribution < -0.4 is 10.6 Å². The molecule has 0 spiro atoms. The molecule has 2 aromatic carbocycles. The lowest BCUT2D eigenvalue weighted by molar-refractivity contribution is 0.0528. The van der Waals surface area contributed by atoms with E-state index in [0.717, 1.165) is 11.6 Å². The van der Waals surface area contributed by atoms with E-state index in [1.807, 2.05) is 6.07 Å². The van der Waals surface area contributed by atoms with Gasteiger partial charge in [0.25, 0.3) is 5.91 Å². The highest BCUT2D eigenvalue weighted by Crippen LogP contribution is 2.15. The third-order valence-corrected chi connectivity index (χ3v) is 3.63. The van der Waals surface area contributed by atoms with Gasteiger partial charge in [-0.2, -0.15) is 5.26 Å². The van der Waals surface area contributed by atoms with Crippen LogP contribution in [0.15, 0.2) is 42.5 Å². The van der Waals surface area contributed by atoms with Crippen molar-refractivity contribution in [1.29, 1.82) is 5.26 Å². The smallest absolute Gasteiger partial charge is 0.407 e. The molecule has 0 bridgehead atoms. The SMILES string of the molecule is CC(C)(C)OC(=O)NCCc1ccc(NC(=O)c2cc(C#N)ccc2F)cc1. The summed E-state index contributed by atoms with van der Waals surface area (Å²) in [5.74, 6) is -1.32. The van der Waals surface area contributed by atoms with Crippen LogP contribution in [0.2, 0.25) is 0 Å². The van der Waals surface area contributed by atoms with Crippen molar-refractivity contribution in [2.45, 2.75) is 32.8 Å². The van der Waals surface area contributed by atoms with Crippen molar-refractivity contribution in [2.75, 3.05) is 11.9 Å². The number of carbonyl (C=O) groups excluding carboxylic acids is 2. The Balaban J connectivity index is 1.90. The van der Waals surface area contributed by atoms with Gasteiger partial charge in [0.2, 0.25) is 0 Å². The van der Waals surface area contributed by atoms with Crippen molar-refractivity contribution in [3.05, 3.63) is 65.0 Å². The molecule has 2 aromatic rings. The van der Waals surface area contributed by atoms with Gasteiger partial charge in [-0.3, -0.25) is 4.79 Å². The highest BCUT2D eigenvalue weighted by Gasteiger charge is 2.15. The molecule has 0 heterocycles. The number of anilines is 1. The molecule has 6 nitrogen and oxygen atoms in total. The van der Waals surface area contributed by atoms with E-state index < -0.39 is 23.4 Å². The minimum absolute atomic E-state index is 0.190. The molecule has 7 heteroatoms. The average Bonchev–Trinajstić information content (AvgIpc) is 2.62. The van der Waals surface area contributed by atoms with Gasteiger partial charge in [0, 0.05) is 12.2 Å². The highest BCUT2D eigenvalue weighted by molar-refractivity contribution is 6.04. The number of carbonyl (C=O) groups is 2. The lowest BCUT2D eigenvalue weighted by Gasteiger charge is -2.19. The van der Waals surface area contributed by atoms with Crippen LogP contribution in [-0.2, 0) is 11.2 Å². The lowest BCUT2D eigenvalue weighted by atomic mass is 10.1. The molecular formula is C21H22FN3O3. The van der Waals surface area contributed by atoms with Crippen LogP contribution in [0.5, 0.6) is 0 Å². The fourth-order valence-electron chi connectivity index (χ4n) is 2.35. The zero-order chi connectivity index (χ0) is 20.7. The Bertz CT molecular complexity index is 897. The molecule has 0 saturated carbocycles. The molecule has 2 N–H and O–H groups in total. The Morgan fingerprint density at radius 1 is 1.14 bits per heavy atom. The van der Waals surface area contributed by atoms with Crippen LogP contribution in [-0.4, -0.2) is 24.1 Å². The molecule has 0 aliphatic heterocycles. The van der Waals surface area contributed by atoms with Gasteiger partial charge >= 0.3 is 6.09 Å². The minimum atomic E-state index is -0.693. The summed E-state index contributed by atoms with van der Waals surface area (Å²) in [5, 5.41) is 14.2. The van der Waals surface area contributed by atoms with Crippen LogP contribution in [0.1, 0.15) is 42.3 Å². The van der Waals surface area contributed by atoms with Gasteiger partial charge in [0.15, 0.2) is 0 Å². The zero-order valence-corrected chi connectivity index (χ0v) is 16.0. The Kier molecular flexibility index (Phi) is 6.72. The average molecular weight is 383 g/mol. The van der Waals surface area contributed by atoms with E-state index >= 15 is 0 Å². The molecule has 0 saturated heterocycles. The number of nitrogens with one attached hydrogen (secondary N) is 2. The second-order valence-electron chi connectivity index (χ2n) is 7.14. The van der Waals surface area contributed by atoms with Crippen molar-refractivity contribution in [2.24, 2.45) is 0 Å². The molecule has 28 heavy (non-hydrogen) atoms. The van der Waals surface area contributed by atoms with Crippen LogP contribution in [0.4, 0.5) is 14.9 Å². The van der Waals surface area contributed by atoms with E-state index in [-0.39, 0.29) is 11.1 Å². The first-order valence-electron chi connectivity index (χ1n) is 8.75. The summed E-state index contributed by atoms with van der Waals surface area (Å²) in [7, 11) is 0. The molecule has 2 amide bonds. The Hall–Kier alpha value is -3.40. The number of nitriles is 1. The maximum atomic E-state index is 13.8. The predicted molar refractivity (Wildman–Crippen MR) is 103 cm³/mol. The zero-order valence-electron chi connectivity index (χ0n) is 16.0. The third kappa shape index (κ3) is 6.40. The number of nitrogens with zero attached hydrogens (tertiary/aromatic N) is 1. The van der Waals surface area contributed by atoms with Crippen LogP contribution >= 0.6 is 0 Å². The fourth-order valence-corrected chi connectivity index (χ4v) is 2.35. The second kappa shape index (κ2) is 9.00. The molecule has 2 rings (SSSR count). The maximum Gasteiger partial charge on any atom is 0.407 e. The van der Waals surface area contributed by atoms with E-state index in [1.165, 1.54) is 12.1 Å². The molecule has 0 aromatic heterocycles. The van der Waals surface area contributed by atoms with Crippen LogP contribution in [0.25, 0.3) is 0 Å². The summed E-state index contributed by atoms with van der Waals surface area (Å²) < 4.78 is 19.0. The van der Waals surface area contributed by atoms with Gasteiger partial charge in [-0.15, -0.1) is 0 Å². The molecule has 0 unspecified atom stereocenters. The number of benzene rings is 2. The first kappa shape index (κ1) is 20.9. The molecule has 0 aliphatic rings. The van der Waals surface area contributed by atoms with E-state index in [9.17, 15) is 14.0 Å². The van der Waals surface area contributed by atoms with Gasteiger partial charge in [-0.05, 0) is 63.1 Å². The van der Waals surface area contributed by atoms with Crippen molar-refractivity contribution < 1.29 is 18.7 Å². The van der Waals surface area contributed by atoms with Crippen molar-refractivity contribution in [1.82, 2.24) is 5.32 Å². The minimum Gasteiger partial charge on any atom is -0.444 e. The monoisotopic (exact) mass is 383 g/mol. The van der Waals surface area contributed by atoms with Gasteiger partial charge < -0.3 is 15.4 Å². The summed E-state index contributed by atoms with van der Waals surface area (Å²) >= 11 is 0. The van der Waals surface area contributed by atoms with Gasteiger partial charge in [0.05, 0.1) is 17.2 Å². The summed E-state index contributed by atoms with van der Waals surface area (Å²) in [6.07, 6.45) is 0.116. The summed E-state index contributed by atoms with van der Waals surface area (Å²) in [6.45, 7) is 5.79. The van der Waals surface area contributed by atoms with Gasteiger partial charge in [-0.25, -0.2) is 9.18 Å². The summed E-state index contributed by atoms with van der Waals surface area (Å²) in [4.78, 5) is 23.8. The second-order valence-corrected chi connectivity index (χ2v) is 7.14. The Morgan fingerprint density at radius 2 is 1.82 bits per heavy atom. The van der Waals surface area contributed by atoms with Crippen molar-refractivity contribution >= 4 is 17.7 Å². The van der Waals surface area contributed by atoms with Crippen molar-refractivity contribution in [3.8, 4) is 6.07 Å². The number of halogens is 1. The summed E-state index contributed by atoms with van der Waals surface area (Å²) in [6, 6.07) is 12.5. The van der Waals surface area contributed by atoms with E-state index in [2.05, 4.69) is 10.6 Å². The first-order valence-corrected chi connectivity index (χ1v) is 8.75. The van der Waals surface area contributed by atoms with Gasteiger partial charge in [0.1, 0.15) is 11.4 Å². The molecular weight excluding hydrogens is 361 g/mol. The number of hydrogen-bond donors (Lipinski definition) is 2. The molecule has 0 aliphatic carbocycles. The van der Waals surface area contributed by atoms with E-state index in [0.29, 0.717) is 18.7 Å².